The highest BCUT2D eigenvalue weighted by Crippen LogP contribution is 2.24. The second-order valence-electron chi connectivity index (χ2n) is 5.87. The van der Waals surface area contributed by atoms with Crippen molar-refractivity contribution in [3.63, 3.8) is 0 Å². The predicted molar refractivity (Wildman–Crippen MR) is 72.7 cm³/mol. The lowest BCUT2D eigenvalue weighted by molar-refractivity contribution is -0.132. The fourth-order valence-electron chi connectivity index (χ4n) is 2.95. The van der Waals surface area contributed by atoms with Crippen molar-refractivity contribution in [3.05, 3.63) is 0 Å². The minimum atomic E-state index is -0.667. The minimum absolute atomic E-state index is 0.0192. The zero-order valence-corrected chi connectivity index (χ0v) is 12.0. The van der Waals surface area contributed by atoms with Crippen LogP contribution in [0.2, 0.25) is 0 Å². The molecule has 2 aliphatic heterocycles. The zero-order chi connectivity index (χ0) is 14.6. The van der Waals surface area contributed by atoms with E-state index in [1.54, 1.807) is 0 Å². The normalized spacial score (nSPS) is 29.6. The molecule has 2 aliphatic rings. The molecule has 20 heavy (non-hydrogen) atoms. The number of amides is 1. The van der Waals surface area contributed by atoms with E-state index in [1.165, 1.54) is 0 Å². The standard InChI is InChI=1S/C13H25N3O4/c1-16(9-13(18)4-6-19-7-5-13)8-10-2-3-11(20-10)12(17)15-14/h10-11,18H,2-9,14H2,1H3,(H,15,17). The molecule has 0 bridgehead atoms. The van der Waals surface area contributed by atoms with Gasteiger partial charge >= 0.3 is 0 Å². The van der Waals surface area contributed by atoms with Crippen LogP contribution in [0.5, 0.6) is 0 Å². The summed E-state index contributed by atoms with van der Waals surface area (Å²) in [4.78, 5) is 13.5. The molecule has 0 spiro atoms. The van der Waals surface area contributed by atoms with Crippen LogP contribution in [-0.4, -0.2) is 67.1 Å². The third-order valence-corrected chi connectivity index (χ3v) is 4.05. The lowest BCUT2D eigenvalue weighted by Gasteiger charge is -2.36. The van der Waals surface area contributed by atoms with Gasteiger partial charge in [-0.15, -0.1) is 0 Å². The molecule has 0 aromatic carbocycles. The number of rotatable bonds is 5. The van der Waals surface area contributed by atoms with E-state index in [1.807, 2.05) is 7.05 Å². The quantitative estimate of drug-likeness (QED) is 0.341. The van der Waals surface area contributed by atoms with Crippen molar-refractivity contribution in [3.8, 4) is 0 Å². The monoisotopic (exact) mass is 287 g/mol. The van der Waals surface area contributed by atoms with Crippen molar-refractivity contribution in [2.24, 2.45) is 5.84 Å². The number of aliphatic hydroxyl groups is 1. The molecule has 2 unspecified atom stereocenters. The van der Waals surface area contributed by atoms with E-state index in [-0.39, 0.29) is 12.0 Å². The minimum Gasteiger partial charge on any atom is -0.388 e. The van der Waals surface area contributed by atoms with Gasteiger partial charge in [-0.1, -0.05) is 0 Å². The first-order chi connectivity index (χ1) is 9.52. The number of nitrogens with zero attached hydrogens (tertiary/aromatic N) is 1. The van der Waals surface area contributed by atoms with Gasteiger partial charge in [-0.05, 0) is 19.9 Å². The van der Waals surface area contributed by atoms with Gasteiger partial charge in [0.1, 0.15) is 6.10 Å². The SMILES string of the molecule is CN(CC1CCC(C(=O)NN)O1)CC1(O)CCOCC1. The van der Waals surface area contributed by atoms with Crippen LogP contribution in [0.15, 0.2) is 0 Å². The van der Waals surface area contributed by atoms with Gasteiger partial charge < -0.3 is 19.5 Å². The van der Waals surface area contributed by atoms with Gasteiger partial charge in [-0.25, -0.2) is 5.84 Å². The van der Waals surface area contributed by atoms with Crippen LogP contribution in [0.4, 0.5) is 0 Å². The van der Waals surface area contributed by atoms with Crippen molar-refractivity contribution in [2.45, 2.75) is 43.5 Å². The van der Waals surface area contributed by atoms with Crippen LogP contribution in [-0.2, 0) is 14.3 Å². The Labute approximate surface area is 119 Å². The summed E-state index contributed by atoms with van der Waals surface area (Å²) in [6.45, 7) is 2.54. The van der Waals surface area contributed by atoms with Gasteiger partial charge in [0.2, 0.25) is 0 Å². The van der Waals surface area contributed by atoms with Gasteiger partial charge in [0, 0.05) is 39.1 Å². The van der Waals surface area contributed by atoms with E-state index in [4.69, 9.17) is 15.3 Å². The summed E-state index contributed by atoms with van der Waals surface area (Å²) >= 11 is 0. The predicted octanol–water partition coefficient (Wildman–Crippen LogP) is -1.00. The van der Waals surface area contributed by atoms with Crippen molar-refractivity contribution < 1.29 is 19.4 Å². The summed E-state index contributed by atoms with van der Waals surface area (Å²) in [5.74, 6) is 4.84. The van der Waals surface area contributed by atoms with Crippen LogP contribution in [0.1, 0.15) is 25.7 Å². The molecule has 4 N–H and O–H groups in total. The van der Waals surface area contributed by atoms with E-state index in [2.05, 4.69) is 10.3 Å². The molecular formula is C13H25N3O4. The van der Waals surface area contributed by atoms with Crippen LogP contribution < -0.4 is 11.3 Å². The third kappa shape index (κ3) is 4.13. The molecule has 2 atom stereocenters. The van der Waals surface area contributed by atoms with Crippen molar-refractivity contribution >= 4 is 5.91 Å². The van der Waals surface area contributed by atoms with Gasteiger partial charge in [0.25, 0.3) is 5.91 Å². The summed E-state index contributed by atoms with van der Waals surface area (Å²) in [6, 6.07) is 0. The van der Waals surface area contributed by atoms with Crippen molar-refractivity contribution in [2.75, 3.05) is 33.4 Å². The molecule has 7 nitrogen and oxygen atoms in total. The number of carbonyl (C=O) groups is 1. The second kappa shape index (κ2) is 6.82. The molecule has 2 fully saturated rings. The lowest BCUT2D eigenvalue weighted by atomic mass is 9.94. The van der Waals surface area contributed by atoms with Crippen LogP contribution in [0.25, 0.3) is 0 Å². The van der Waals surface area contributed by atoms with Crippen molar-refractivity contribution in [1.29, 1.82) is 0 Å². The first-order valence-corrected chi connectivity index (χ1v) is 7.17. The fourth-order valence-corrected chi connectivity index (χ4v) is 2.95. The second-order valence-corrected chi connectivity index (χ2v) is 5.87. The molecular weight excluding hydrogens is 262 g/mol. The Balaban J connectivity index is 1.75. The Bertz CT molecular complexity index is 334. The molecule has 116 valence electrons. The fraction of sp³-hybridized carbons (Fsp3) is 0.923. The van der Waals surface area contributed by atoms with Crippen LogP contribution in [0, 0.1) is 0 Å². The molecule has 0 radical (unpaired) electrons. The van der Waals surface area contributed by atoms with E-state index in [0.717, 1.165) is 6.42 Å². The summed E-state index contributed by atoms with van der Waals surface area (Å²) < 4.78 is 10.9. The van der Waals surface area contributed by atoms with Gasteiger partial charge in [0.05, 0.1) is 11.7 Å². The highest BCUT2D eigenvalue weighted by atomic mass is 16.5. The van der Waals surface area contributed by atoms with E-state index >= 15 is 0 Å². The largest absolute Gasteiger partial charge is 0.388 e. The maximum absolute atomic E-state index is 11.4. The van der Waals surface area contributed by atoms with Gasteiger partial charge in [-0.3, -0.25) is 10.2 Å². The summed E-state index contributed by atoms with van der Waals surface area (Å²) in [5.41, 5.74) is 1.45. The van der Waals surface area contributed by atoms with E-state index < -0.39 is 11.7 Å². The number of nitrogens with two attached hydrogens (primary N) is 1. The van der Waals surface area contributed by atoms with Gasteiger partial charge in [-0.2, -0.15) is 0 Å². The average Bonchev–Trinajstić information content (AvgIpc) is 2.86. The molecule has 2 saturated heterocycles. The summed E-state index contributed by atoms with van der Waals surface area (Å²) in [6.07, 6.45) is 2.45. The average molecular weight is 287 g/mol. The lowest BCUT2D eigenvalue weighted by Crippen LogP contribution is -2.47. The van der Waals surface area contributed by atoms with Gasteiger partial charge in [0.15, 0.2) is 0 Å². The van der Waals surface area contributed by atoms with Crippen LogP contribution >= 0.6 is 0 Å². The maximum atomic E-state index is 11.4. The first kappa shape index (κ1) is 15.7. The topological polar surface area (TPSA) is 97.1 Å². The van der Waals surface area contributed by atoms with E-state index in [9.17, 15) is 9.90 Å². The zero-order valence-electron chi connectivity index (χ0n) is 12.0. The number of nitrogens with one attached hydrogen (secondary N) is 1. The first-order valence-electron chi connectivity index (χ1n) is 7.17. The Kier molecular flexibility index (Phi) is 5.34. The molecule has 0 aromatic rings. The number of hydrogen-bond donors (Lipinski definition) is 3. The molecule has 2 rings (SSSR count). The number of hydrogen-bond acceptors (Lipinski definition) is 6. The number of carbonyl (C=O) groups excluding carboxylic acids is 1. The summed E-state index contributed by atoms with van der Waals surface area (Å²) in [7, 11) is 1.97. The molecule has 1 amide bonds. The Morgan fingerprint density at radius 1 is 1.45 bits per heavy atom. The Hall–Kier alpha value is -0.730. The molecule has 2 heterocycles. The number of likely N-dealkylation sites (N-methyl/N-ethyl adjacent to an activating group) is 1. The van der Waals surface area contributed by atoms with Crippen LogP contribution in [0.3, 0.4) is 0 Å². The number of ether oxygens (including phenoxy) is 2. The van der Waals surface area contributed by atoms with E-state index in [0.29, 0.717) is 45.6 Å². The molecule has 7 heteroatoms. The highest BCUT2D eigenvalue weighted by molar-refractivity contribution is 5.80. The van der Waals surface area contributed by atoms with Crippen molar-refractivity contribution in [1.82, 2.24) is 10.3 Å². The molecule has 0 aromatic heterocycles. The Morgan fingerprint density at radius 3 is 2.80 bits per heavy atom. The number of hydrazine groups is 1. The smallest absolute Gasteiger partial charge is 0.263 e. The third-order valence-electron chi connectivity index (χ3n) is 4.05. The molecule has 0 saturated carbocycles. The highest BCUT2D eigenvalue weighted by Gasteiger charge is 2.34. The molecule has 0 aliphatic carbocycles. The Morgan fingerprint density at radius 2 is 2.15 bits per heavy atom. The summed E-state index contributed by atoms with van der Waals surface area (Å²) in [5, 5.41) is 10.5. The maximum Gasteiger partial charge on any atom is 0.263 e.